The zero-order valence-electron chi connectivity index (χ0n) is 14.1. The lowest BCUT2D eigenvalue weighted by Gasteiger charge is -2.23. The predicted octanol–water partition coefficient (Wildman–Crippen LogP) is 2.61. The van der Waals surface area contributed by atoms with Gasteiger partial charge in [-0.25, -0.2) is 9.18 Å². The van der Waals surface area contributed by atoms with E-state index in [-0.39, 0.29) is 18.4 Å². The molecule has 1 aromatic heterocycles. The smallest absolute Gasteiger partial charge is 0.407 e. The molecule has 0 fully saturated rings. The van der Waals surface area contributed by atoms with E-state index in [0.717, 1.165) is 16.8 Å². The van der Waals surface area contributed by atoms with Crippen molar-refractivity contribution in [3.8, 4) is 11.3 Å². The lowest BCUT2D eigenvalue weighted by molar-refractivity contribution is 0.0506. The number of alkyl carbamates (subject to hydrolysis) is 1. The molecule has 2 rings (SSSR count). The molecule has 1 amide bonds. The molecule has 0 saturated carbocycles. The molecule has 4 N–H and O–H groups in total. The fraction of sp³-hybridized carbons (Fsp3) is 0.412. The van der Waals surface area contributed by atoms with E-state index in [4.69, 9.17) is 10.5 Å². The number of nitrogens with two attached hydrogens (primary N) is 1. The Kier molecular flexibility index (Phi) is 5.56. The second-order valence-electron chi connectivity index (χ2n) is 6.56. The van der Waals surface area contributed by atoms with Gasteiger partial charge in [-0.2, -0.15) is 5.10 Å². The van der Waals surface area contributed by atoms with Crippen LogP contribution in [0.25, 0.3) is 11.3 Å². The van der Waals surface area contributed by atoms with Crippen molar-refractivity contribution >= 4 is 6.09 Å². The zero-order valence-corrected chi connectivity index (χ0v) is 14.1. The van der Waals surface area contributed by atoms with Crippen LogP contribution < -0.4 is 11.1 Å². The molecule has 24 heavy (non-hydrogen) atoms. The Hall–Kier alpha value is -2.41. The summed E-state index contributed by atoms with van der Waals surface area (Å²) in [6, 6.07) is 5.83. The number of nitrogens with one attached hydrogen (secondary N) is 2. The first-order chi connectivity index (χ1) is 11.3. The van der Waals surface area contributed by atoms with E-state index < -0.39 is 11.7 Å². The third-order valence-corrected chi connectivity index (χ3v) is 3.32. The van der Waals surface area contributed by atoms with Gasteiger partial charge in [0.05, 0.1) is 11.9 Å². The third kappa shape index (κ3) is 5.06. The molecule has 2 aromatic rings. The van der Waals surface area contributed by atoms with Crippen molar-refractivity contribution in [3.05, 3.63) is 41.8 Å². The lowest BCUT2D eigenvalue weighted by Crippen LogP contribution is -2.44. The summed E-state index contributed by atoms with van der Waals surface area (Å²) >= 11 is 0. The van der Waals surface area contributed by atoms with Crippen LogP contribution in [-0.2, 0) is 11.2 Å². The Bertz CT molecular complexity index is 677. The van der Waals surface area contributed by atoms with E-state index in [1.165, 1.54) is 12.1 Å². The molecule has 1 atom stereocenters. The molecule has 0 radical (unpaired) electrons. The first kappa shape index (κ1) is 17.9. The zero-order chi connectivity index (χ0) is 17.7. The van der Waals surface area contributed by atoms with E-state index in [9.17, 15) is 9.18 Å². The number of carbonyl (C=O) groups is 1. The normalized spacial score (nSPS) is 12.7. The molecule has 7 heteroatoms. The van der Waals surface area contributed by atoms with Crippen LogP contribution in [0.1, 0.15) is 26.3 Å². The van der Waals surface area contributed by atoms with Gasteiger partial charge in [-0.15, -0.1) is 0 Å². The van der Waals surface area contributed by atoms with Crippen molar-refractivity contribution in [1.82, 2.24) is 15.5 Å². The number of hydrogen-bond acceptors (Lipinski definition) is 4. The van der Waals surface area contributed by atoms with Crippen molar-refractivity contribution < 1.29 is 13.9 Å². The Morgan fingerprint density at radius 3 is 2.62 bits per heavy atom. The summed E-state index contributed by atoms with van der Waals surface area (Å²) in [4.78, 5) is 11.9. The maximum absolute atomic E-state index is 13.1. The number of hydrogen-bond donors (Lipinski definition) is 3. The summed E-state index contributed by atoms with van der Waals surface area (Å²) in [5, 5.41) is 9.71. The second-order valence-corrected chi connectivity index (χ2v) is 6.56. The molecule has 0 bridgehead atoms. The average molecular weight is 334 g/mol. The number of amides is 1. The van der Waals surface area contributed by atoms with Crippen molar-refractivity contribution in [3.63, 3.8) is 0 Å². The highest BCUT2D eigenvalue weighted by Gasteiger charge is 2.20. The van der Waals surface area contributed by atoms with Crippen LogP contribution in [0.3, 0.4) is 0 Å². The van der Waals surface area contributed by atoms with Crippen LogP contribution in [0.5, 0.6) is 0 Å². The van der Waals surface area contributed by atoms with Gasteiger partial charge in [0, 0.05) is 18.2 Å². The first-order valence-electron chi connectivity index (χ1n) is 7.76. The van der Waals surface area contributed by atoms with Crippen LogP contribution >= 0.6 is 0 Å². The minimum atomic E-state index is -0.571. The van der Waals surface area contributed by atoms with Gasteiger partial charge >= 0.3 is 6.09 Å². The molecule has 0 aliphatic heterocycles. The number of aromatic nitrogens is 2. The molecule has 0 aliphatic carbocycles. The molecular weight excluding hydrogens is 311 g/mol. The fourth-order valence-corrected chi connectivity index (χ4v) is 2.27. The fourth-order valence-electron chi connectivity index (χ4n) is 2.27. The van der Waals surface area contributed by atoms with Crippen LogP contribution in [0.2, 0.25) is 0 Å². The maximum atomic E-state index is 13.1. The SMILES string of the molecule is CC(C)(C)OC(=O)NC(CN)Cc1cn[nH]c1-c1ccc(F)cc1. The van der Waals surface area contributed by atoms with Crippen molar-refractivity contribution in [1.29, 1.82) is 0 Å². The van der Waals surface area contributed by atoms with E-state index in [2.05, 4.69) is 15.5 Å². The Labute approximate surface area is 140 Å². The number of benzene rings is 1. The van der Waals surface area contributed by atoms with E-state index >= 15 is 0 Å². The van der Waals surface area contributed by atoms with Crippen molar-refractivity contribution in [2.75, 3.05) is 6.54 Å². The number of carbonyl (C=O) groups excluding carboxylic acids is 1. The van der Waals surface area contributed by atoms with Gasteiger partial charge in [0.1, 0.15) is 11.4 Å². The topological polar surface area (TPSA) is 93.0 Å². The largest absolute Gasteiger partial charge is 0.444 e. The summed E-state index contributed by atoms with van der Waals surface area (Å²) in [6.07, 6.45) is 1.65. The number of aromatic amines is 1. The van der Waals surface area contributed by atoms with Gasteiger partial charge < -0.3 is 15.8 Å². The summed E-state index contributed by atoms with van der Waals surface area (Å²) in [7, 11) is 0. The standard InChI is InChI=1S/C17H23FN4O2/c1-17(2,3)24-16(23)21-14(9-19)8-12-10-20-22-15(12)11-4-6-13(18)7-5-11/h4-7,10,14H,8-9,19H2,1-3H3,(H,20,22)(H,21,23). The second kappa shape index (κ2) is 7.44. The van der Waals surface area contributed by atoms with Gasteiger partial charge in [0.25, 0.3) is 0 Å². The van der Waals surface area contributed by atoms with E-state index in [1.54, 1.807) is 39.1 Å². The highest BCUT2D eigenvalue weighted by atomic mass is 19.1. The molecule has 0 saturated heterocycles. The van der Waals surface area contributed by atoms with Gasteiger partial charge in [0.2, 0.25) is 0 Å². The Morgan fingerprint density at radius 2 is 2.04 bits per heavy atom. The third-order valence-electron chi connectivity index (χ3n) is 3.32. The van der Waals surface area contributed by atoms with E-state index in [0.29, 0.717) is 6.42 Å². The highest BCUT2D eigenvalue weighted by Crippen LogP contribution is 2.22. The van der Waals surface area contributed by atoms with Crippen LogP contribution in [0.15, 0.2) is 30.5 Å². The van der Waals surface area contributed by atoms with Crippen molar-refractivity contribution in [2.24, 2.45) is 5.73 Å². The number of H-pyrrole nitrogens is 1. The molecule has 1 heterocycles. The van der Waals surface area contributed by atoms with Crippen molar-refractivity contribution in [2.45, 2.75) is 38.8 Å². The molecule has 0 spiro atoms. The minimum absolute atomic E-state index is 0.257. The quantitative estimate of drug-likeness (QED) is 0.783. The molecule has 6 nitrogen and oxygen atoms in total. The van der Waals surface area contributed by atoms with Crippen LogP contribution in [-0.4, -0.2) is 34.5 Å². The van der Waals surface area contributed by atoms with Gasteiger partial charge in [-0.05, 0) is 57.0 Å². The summed E-state index contributed by atoms with van der Waals surface area (Å²) < 4.78 is 18.3. The predicted molar refractivity (Wildman–Crippen MR) is 89.9 cm³/mol. The first-order valence-corrected chi connectivity index (χ1v) is 7.76. The number of ether oxygens (including phenoxy) is 1. The molecule has 130 valence electrons. The highest BCUT2D eigenvalue weighted by molar-refractivity contribution is 5.68. The van der Waals surface area contributed by atoms with Crippen LogP contribution in [0.4, 0.5) is 9.18 Å². The van der Waals surface area contributed by atoms with Gasteiger partial charge in [-0.1, -0.05) is 0 Å². The lowest BCUT2D eigenvalue weighted by atomic mass is 10.0. The molecule has 1 aromatic carbocycles. The van der Waals surface area contributed by atoms with E-state index in [1.807, 2.05) is 0 Å². The van der Waals surface area contributed by atoms with Crippen LogP contribution in [0, 0.1) is 5.82 Å². The van der Waals surface area contributed by atoms with Gasteiger partial charge in [-0.3, -0.25) is 5.10 Å². The number of halogens is 1. The number of nitrogens with zero attached hydrogens (tertiary/aromatic N) is 1. The average Bonchev–Trinajstić information content (AvgIpc) is 2.93. The Balaban J connectivity index is 2.08. The summed E-state index contributed by atoms with van der Waals surface area (Å²) in [5.41, 5.74) is 7.66. The molecule has 0 aliphatic rings. The summed E-state index contributed by atoms with van der Waals surface area (Å²) in [5.74, 6) is -0.300. The minimum Gasteiger partial charge on any atom is -0.444 e. The number of rotatable bonds is 5. The molecule has 1 unspecified atom stereocenters. The van der Waals surface area contributed by atoms with Gasteiger partial charge in [0.15, 0.2) is 0 Å². The molecular formula is C17H23FN4O2. The summed E-state index contributed by atoms with van der Waals surface area (Å²) in [6.45, 7) is 5.65. The maximum Gasteiger partial charge on any atom is 0.407 e. The monoisotopic (exact) mass is 334 g/mol. The Morgan fingerprint density at radius 1 is 1.38 bits per heavy atom.